The van der Waals surface area contributed by atoms with Gasteiger partial charge in [0.1, 0.15) is 17.2 Å². The number of rotatable bonds is 5. The number of carbonyl (C=O) groups is 1. The first-order chi connectivity index (χ1) is 15.6. The Kier molecular flexibility index (Phi) is 5.85. The van der Waals surface area contributed by atoms with Crippen LogP contribution in [-0.2, 0) is 9.84 Å². The van der Waals surface area contributed by atoms with Crippen molar-refractivity contribution < 1.29 is 22.5 Å². The van der Waals surface area contributed by atoms with Crippen molar-refractivity contribution >= 4 is 27.1 Å². The fourth-order valence-corrected chi connectivity index (χ4v) is 4.36. The summed E-state index contributed by atoms with van der Waals surface area (Å²) in [5, 5.41) is 11.6. The van der Waals surface area contributed by atoms with E-state index < -0.39 is 14.8 Å². The van der Waals surface area contributed by atoms with Crippen molar-refractivity contribution in [3.05, 3.63) is 76.6 Å². The van der Waals surface area contributed by atoms with Crippen LogP contribution in [0.2, 0.25) is 0 Å². The lowest BCUT2D eigenvalue weighted by molar-refractivity contribution is -0.384. The van der Waals surface area contributed by atoms with Crippen LogP contribution in [-0.4, -0.2) is 66.1 Å². The van der Waals surface area contributed by atoms with Gasteiger partial charge in [-0.3, -0.25) is 19.5 Å². The number of aromatic nitrogens is 2. The molecule has 4 rings (SSSR count). The van der Waals surface area contributed by atoms with Gasteiger partial charge in [-0.1, -0.05) is 0 Å². The number of imidazole rings is 1. The van der Waals surface area contributed by atoms with Crippen LogP contribution >= 0.6 is 0 Å². The second kappa shape index (κ2) is 8.62. The summed E-state index contributed by atoms with van der Waals surface area (Å²) < 4.78 is 38.3. The number of halogens is 1. The highest BCUT2D eigenvalue weighted by Crippen LogP contribution is 2.31. The lowest BCUT2D eigenvalue weighted by Gasteiger charge is -2.35. The number of hydrogen-bond donors (Lipinski definition) is 0. The average molecular weight is 473 g/mol. The van der Waals surface area contributed by atoms with Crippen LogP contribution in [0.1, 0.15) is 10.5 Å². The molecular formula is C21H20FN5O5S. The molecule has 0 spiro atoms. The zero-order chi connectivity index (χ0) is 23.8. The maximum absolute atomic E-state index is 13.2. The molecule has 3 aromatic rings. The zero-order valence-electron chi connectivity index (χ0n) is 17.6. The number of nitro groups is 1. The SMILES string of the molecule is CS(=O)(=O)c1ccc(N2CCN(C(=O)c3cncn3-c3ccc(F)cc3)CC2)c([N+](=O)[O-])c1. The smallest absolute Gasteiger partial charge is 0.293 e. The number of anilines is 1. The van der Waals surface area contributed by atoms with Gasteiger partial charge in [-0.25, -0.2) is 17.8 Å². The first kappa shape index (κ1) is 22.4. The number of sulfone groups is 1. The molecule has 10 nitrogen and oxygen atoms in total. The fraction of sp³-hybridized carbons (Fsp3) is 0.238. The minimum absolute atomic E-state index is 0.124. The Bertz CT molecular complexity index is 1320. The normalized spacial score (nSPS) is 14.4. The van der Waals surface area contributed by atoms with Gasteiger partial charge in [0.05, 0.1) is 22.3 Å². The molecule has 1 amide bonds. The first-order valence-corrected chi connectivity index (χ1v) is 11.9. The molecule has 0 aliphatic carbocycles. The molecule has 1 fully saturated rings. The quantitative estimate of drug-likeness (QED) is 0.412. The first-order valence-electron chi connectivity index (χ1n) is 9.96. The molecule has 0 atom stereocenters. The standard InChI is InChI=1S/C21H20FN5O5S/c1-33(31,32)17-6-7-18(19(12-17)27(29)30)24-8-10-25(11-9-24)21(28)20-13-23-14-26(20)16-4-2-15(22)3-5-16/h2-7,12-14H,8-11H2,1H3. The van der Waals surface area contributed by atoms with Gasteiger partial charge in [0, 0.05) is 44.2 Å². The number of nitrogens with zero attached hydrogens (tertiary/aromatic N) is 5. The minimum atomic E-state index is -3.59. The van der Waals surface area contributed by atoms with E-state index in [9.17, 15) is 27.7 Å². The van der Waals surface area contributed by atoms with Crippen LogP contribution in [0.25, 0.3) is 5.69 Å². The molecule has 0 bridgehead atoms. The Morgan fingerprint density at radius 3 is 2.36 bits per heavy atom. The number of benzene rings is 2. The maximum Gasteiger partial charge on any atom is 0.293 e. The molecule has 12 heteroatoms. The molecule has 0 saturated carbocycles. The second-order valence-corrected chi connectivity index (χ2v) is 9.60. The van der Waals surface area contributed by atoms with Crippen molar-refractivity contribution in [3.8, 4) is 5.69 Å². The number of hydrogen-bond acceptors (Lipinski definition) is 7. The van der Waals surface area contributed by atoms with Gasteiger partial charge in [0.2, 0.25) is 0 Å². The summed E-state index contributed by atoms with van der Waals surface area (Å²) in [4.78, 5) is 31.3. The van der Waals surface area contributed by atoms with Gasteiger partial charge < -0.3 is 9.80 Å². The monoisotopic (exact) mass is 473 g/mol. The number of amides is 1. The van der Waals surface area contributed by atoms with E-state index in [2.05, 4.69) is 4.98 Å². The van der Waals surface area contributed by atoms with Gasteiger partial charge in [-0.15, -0.1) is 0 Å². The second-order valence-electron chi connectivity index (χ2n) is 7.58. The molecule has 2 heterocycles. The Morgan fingerprint density at radius 1 is 1.09 bits per heavy atom. The zero-order valence-corrected chi connectivity index (χ0v) is 18.4. The van der Waals surface area contributed by atoms with Crippen LogP contribution in [0, 0.1) is 15.9 Å². The van der Waals surface area contributed by atoms with Crippen LogP contribution in [0.15, 0.2) is 59.9 Å². The summed E-state index contributed by atoms with van der Waals surface area (Å²) in [7, 11) is -3.59. The van der Waals surface area contributed by atoms with Gasteiger partial charge in [-0.2, -0.15) is 0 Å². The van der Waals surface area contributed by atoms with E-state index in [0.29, 0.717) is 43.2 Å². The van der Waals surface area contributed by atoms with E-state index in [4.69, 9.17) is 0 Å². The summed E-state index contributed by atoms with van der Waals surface area (Å²) >= 11 is 0. The third kappa shape index (κ3) is 4.55. The largest absolute Gasteiger partial charge is 0.362 e. The number of carbonyl (C=O) groups excluding carboxylic acids is 1. The molecule has 2 aromatic carbocycles. The number of nitro benzene ring substituents is 1. The van der Waals surface area contributed by atoms with Gasteiger partial charge in [0.15, 0.2) is 9.84 Å². The summed E-state index contributed by atoms with van der Waals surface area (Å²) in [5.41, 5.74) is 0.916. The van der Waals surface area contributed by atoms with E-state index in [-0.39, 0.29) is 22.3 Å². The Hall–Kier alpha value is -3.80. The molecule has 0 radical (unpaired) electrons. The topological polar surface area (TPSA) is 119 Å². The predicted molar refractivity (Wildman–Crippen MR) is 118 cm³/mol. The van der Waals surface area contributed by atoms with Crippen LogP contribution in [0.5, 0.6) is 0 Å². The van der Waals surface area contributed by atoms with E-state index in [1.165, 1.54) is 36.8 Å². The Morgan fingerprint density at radius 2 is 1.76 bits per heavy atom. The maximum atomic E-state index is 13.2. The van der Waals surface area contributed by atoms with E-state index in [1.54, 1.807) is 26.5 Å². The number of piperazine rings is 1. The summed E-state index contributed by atoms with van der Waals surface area (Å²) in [6.45, 7) is 1.27. The lowest BCUT2D eigenvalue weighted by atomic mass is 10.2. The van der Waals surface area contributed by atoms with E-state index in [1.807, 2.05) is 0 Å². The average Bonchev–Trinajstić information content (AvgIpc) is 3.28. The van der Waals surface area contributed by atoms with Gasteiger partial charge in [-0.05, 0) is 36.4 Å². The molecular weight excluding hydrogens is 453 g/mol. The van der Waals surface area contributed by atoms with Crippen LogP contribution < -0.4 is 4.90 Å². The molecule has 172 valence electrons. The van der Waals surface area contributed by atoms with Crippen molar-refractivity contribution in [2.24, 2.45) is 0 Å². The predicted octanol–water partition coefficient (Wildman–Crippen LogP) is 2.29. The lowest BCUT2D eigenvalue weighted by Crippen LogP contribution is -2.49. The van der Waals surface area contributed by atoms with Crippen molar-refractivity contribution in [1.29, 1.82) is 0 Å². The molecule has 33 heavy (non-hydrogen) atoms. The van der Waals surface area contributed by atoms with Gasteiger partial charge >= 0.3 is 0 Å². The molecule has 0 N–H and O–H groups in total. The Labute approximate surface area is 188 Å². The molecule has 1 aliphatic heterocycles. The van der Waals surface area contributed by atoms with E-state index >= 15 is 0 Å². The van der Waals surface area contributed by atoms with Crippen molar-refractivity contribution in [2.45, 2.75) is 4.90 Å². The molecule has 1 saturated heterocycles. The summed E-state index contributed by atoms with van der Waals surface area (Å²) in [5.74, 6) is -0.653. The molecule has 0 unspecified atom stereocenters. The van der Waals surface area contributed by atoms with Crippen molar-refractivity contribution in [2.75, 3.05) is 37.3 Å². The van der Waals surface area contributed by atoms with Crippen molar-refractivity contribution in [1.82, 2.24) is 14.5 Å². The highest BCUT2D eigenvalue weighted by atomic mass is 32.2. The van der Waals surface area contributed by atoms with Crippen LogP contribution in [0.3, 0.4) is 0 Å². The summed E-state index contributed by atoms with van der Waals surface area (Å²) in [6.07, 6.45) is 3.91. The summed E-state index contributed by atoms with van der Waals surface area (Å²) in [6, 6.07) is 9.51. The third-order valence-corrected chi connectivity index (χ3v) is 6.55. The van der Waals surface area contributed by atoms with E-state index in [0.717, 1.165) is 12.3 Å². The Balaban J connectivity index is 1.51. The van der Waals surface area contributed by atoms with Crippen molar-refractivity contribution in [3.63, 3.8) is 0 Å². The molecule has 1 aromatic heterocycles. The fourth-order valence-electron chi connectivity index (χ4n) is 3.72. The highest BCUT2D eigenvalue weighted by molar-refractivity contribution is 7.90. The van der Waals surface area contributed by atoms with Crippen LogP contribution in [0.4, 0.5) is 15.8 Å². The highest BCUT2D eigenvalue weighted by Gasteiger charge is 2.28. The third-order valence-electron chi connectivity index (χ3n) is 5.44. The molecule has 1 aliphatic rings. The minimum Gasteiger partial charge on any atom is -0.362 e. The van der Waals surface area contributed by atoms with Gasteiger partial charge in [0.25, 0.3) is 11.6 Å².